The van der Waals surface area contributed by atoms with Gasteiger partial charge in [0.25, 0.3) is 11.8 Å². The molecule has 7 nitrogen and oxygen atoms in total. The zero-order valence-corrected chi connectivity index (χ0v) is 21.4. The van der Waals surface area contributed by atoms with E-state index in [2.05, 4.69) is 5.32 Å². The zero-order chi connectivity index (χ0) is 25.9. The van der Waals surface area contributed by atoms with Gasteiger partial charge in [-0.1, -0.05) is 39.3 Å². The third-order valence-electron chi connectivity index (χ3n) is 6.47. The van der Waals surface area contributed by atoms with Gasteiger partial charge in [-0.3, -0.25) is 4.79 Å². The number of amides is 1. The molecule has 200 valence electrons. The normalized spacial score (nSPS) is 22.9. The third kappa shape index (κ3) is 8.97. The maximum Gasteiger partial charge on any atom is 0.290 e. The lowest BCUT2D eigenvalue weighted by Gasteiger charge is -2.43. The van der Waals surface area contributed by atoms with Crippen LogP contribution in [0.15, 0.2) is 24.3 Å². The van der Waals surface area contributed by atoms with Crippen LogP contribution in [0.25, 0.3) is 0 Å². The van der Waals surface area contributed by atoms with Gasteiger partial charge in [-0.2, -0.15) is 8.78 Å². The van der Waals surface area contributed by atoms with E-state index in [1.54, 1.807) is 13.2 Å². The molecule has 2 rings (SSSR count). The molecule has 1 aliphatic rings. The minimum atomic E-state index is -3.32. The van der Waals surface area contributed by atoms with E-state index in [0.717, 1.165) is 6.42 Å². The van der Waals surface area contributed by atoms with E-state index in [1.165, 1.54) is 18.2 Å². The molecule has 1 saturated carbocycles. The summed E-state index contributed by atoms with van der Waals surface area (Å²) in [7, 11) is 1.60. The fourth-order valence-corrected chi connectivity index (χ4v) is 4.58. The Labute approximate surface area is 207 Å². The van der Waals surface area contributed by atoms with Gasteiger partial charge >= 0.3 is 0 Å². The van der Waals surface area contributed by atoms with Crippen molar-refractivity contribution >= 4 is 5.91 Å². The Hall–Kier alpha value is -1.81. The van der Waals surface area contributed by atoms with Crippen molar-refractivity contribution in [3.8, 4) is 5.75 Å². The van der Waals surface area contributed by atoms with Crippen molar-refractivity contribution in [1.29, 1.82) is 0 Å². The van der Waals surface area contributed by atoms with Crippen molar-refractivity contribution in [3.63, 3.8) is 0 Å². The van der Waals surface area contributed by atoms with Crippen molar-refractivity contribution < 1.29 is 37.6 Å². The van der Waals surface area contributed by atoms with Crippen LogP contribution in [0.4, 0.5) is 8.78 Å². The number of carbonyl (C=O) groups excluding carboxylic acids is 1. The van der Waals surface area contributed by atoms with Crippen molar-refractivity contribution in [1.82, 2.24) is 5.32 Å². The summed E-state index contributed by atoms with van der Waals surface area (Å²) in [5.41, 5.74) is -1.91. The molecule has 35 heavy (non-hydrogen) atoms. The minimum Gasteiger partial charge on any atom is -0.491 e. The summed E-state index contributed by atoms with van der Waals surface area (Å²) < 4.78 is 50.9. The van der Waals surface area contributed by atoms with Crippen LogP contribution in [0.5, 0.6) is 5.75 Å². The highest BCUT2D eigenvalue weighted by Gasteiger charge is 2.49. The smallest absolute Gasteiger partial charge is 0.290 e. The number of methoxy groups -OCH3 is 1. The Morgan fingerprint density at radius 3 is 2.46 bits per heavy atom. The van der Waals surface area contributed by atoms with Crippen molar-refractivity contribution in [2.24, 2.45) is 17.8 Å². The lowest BCUT2D eigenvalue weighted by molar-refractivity contribution is -0.157. The monoisotopic (exact) mass is 501 g/mol. The second-order valence-corrected chi connectivity index (χ2v) is 9.64. The Kier molecular flexibility index (Phi) is 11.8. The van der Waals surface area contributed by atoms with Crippen LogP contribution in [0.2, 0.25) is 0 Å². The second-order valence-electron chi connectivity index (χ2n) is 9.64. The van der Waals surface area contributed by atoms with Gasteiger partial charge in [-0.25, -0.2) is 0 Å². The first-order valence-electron chi connectivity index (χ1n) is 12.4. The van der Waals surface area contributed by atoms with Crippen LogP contribution in [0.3, 0.4) is 0 Å². The number of carbonyl (C=O) groups is 1. The molecule has 1 aromatic carbocycles. The van der Waals surface area contributed by atoms with E-state index in [1.807, 2.05) is 20.8 Å². The molecule has 0 radical (unpaired) electrons. The number of ether oxygens (including phenoxy) is 4. The molecule has 0 unspecified atom stereocenters. The van der Waals surface area contributed by atoms with E-state index in [4.69, 9.17) is 18.9 Å². The van der Waals surface area contributed by atoms with Crippen LogP contribution in [-0.2, 0) is 24.9 Å². The summed E-state index contributed by atoms with van der Waals surface area (Å²) in [6.07, 6.45) is 1.88. The lowest BCUT2D eigenvalue weighted by atomic mass is 9.66. The molecule has 9 heteroatoms. The standard InChI is InChI=1S/C26H41F2NO6/c1-19(2)23-9-8-20(3)17-25(23,31)24(30)29-18-26(27,28)21-6-5-7-22(16-21)35-15-14-34-13-12-33-11-10-32-4/h5-7,16,19-20,23,31H,8-15,17-18H2,1-4H3,(H,29,30)/t20-,23+,25+/m1/s1. The van der Waals surface area contributed by atoms with Crippen LogP contribution in [-0.4, -0.2) is 69.9 Å². The fourth-order valence-electron chi connectivity index (χ4n) is 4.58. The number of benzene rings is 1. The molecule has 2 N–H and O–H groups in total. The molecular weight excluding hydrogens is 460 g/mol. The molecule has 1 aromatic rings. The molecule has 0 aromatic heterocycles. The molecule has 0 spiro atoms. The molecule has 0 heterocycles. The first-order valence-corrected chi connectivity index (χ1v) is 12.4. The van der Waals surface area contributed by atoms with Gasteiger partial charge in [0, 0.05) is 12.7 Å². The summed E-state index contributed by atoms with van der Waals surface area (Å²) in [6, 6.07) is 5.62. The first kappa shape index (κ1) is 29.4. The van der Waals surface area contributed by atoms with E-state index in [0.29, 0.717) is 39.5 Å². The average molecular weight is 502 g/mol. The van der Waals surface area contributed by atoms with Gasteiger partial charge in [-0.05, 0) is 42.7 Å². The molecule has 3 atom stereocenters. The molecule has 0 bridgehead atoms. The lowest BCUT2D eigenvalue weighted by Crippen LogP contribution is -2.57. The van der Waals surface area contributed by atoms with Crippen LogP contribution in [0.1, 0.15) is 45.6 Å². The van der Waals surface area contributed by atoms with Crippen LogP contribution >= 0.6 is 0 Å². The highest BCUT2D eigenvalue weighted by atomic mass is 19.3. The van der Waals surface area contributed by atoms with Crippen molar-refractivity contribution in [3.05, 3.63) is 29.8 Å². The first-order chi connectivity index (χ1) is 16.6. The number of hydrogen-bond donors (Lipinski definition) is 2. The minimum absolute atomic E-state index is 0.0692. The SMILES string of the molecule is COCCOCCOCCOc1cccc(C(F)(F)CNC(=O)[C@]2(O)C[C@H](C)CC[C@H]2C(C)C)c1. The van der Waals surface area contributed by atoms with Gasteiger partial charge in [0.05, 0.1) is 39.6 Å². The zero-order valence-electron chi connectivity index (χ0n) is 21.4. The molecule has 0 saturated heterocycles. The largest absolute Gasteiger partial charge is 0.491 e. The van der Waals surface area contributed by atoms with E-state index >= 15 is 0 Å². The molecule has 0 aliphatic heterocycles. The third-order valence-corrected chi connectivity index (χ3v) is 6.47. The summed E-state index contributed by atoms with van der Waals surface area (Å²) in [5, 5.41) is 13.5. The Morgan fingerprint density at radius 1 is 1.14 bits per heavy atom. The maximum atomic E-state index is 14.9. The highest BCUT2D eigenvalue weighted by molar-refractivity contribution is 5.85. The Bertz CT molecular complexity index is 778. The molecule has 1 amide bonds. The quantitative estimate of drug-likeness (QED) is 0.356. The van der Waals surface area contributed by atoms with E-state index in [-0.39, 0.29) is 42.1 Å². The number of rotatable bonds is 15. The summed E-state index contributed by atoms with van der Waals surface area (Å²) >= 11 is 0. The van der Waals surface area contributed by atoms with Gasteiger partial charge in [0.1, 0.15) is 18.0 Å². The fraction of sp³-hybridized carbons (Fsp3) is 0.731. The van der Waals surface area contributed by atoms with Crippen molar-refractivity contribution in [2.75, 3.05) is 53.3 Å². The van der Waals surface area contributed by atoms with Gasteiger partial charge in [-0.15, -0.1) is 0 Å². The summed E-state index contributed by atoms with van der Waals surface area (Å²) in [5.74, 6) is -3.80. The Morgan fingerprint density at radius 2 is 1.80 bits per heavy atom. The molecular formula is C26H41F2NO6. The van der Waals surface area contributed by atoms with Gasteiger partial charge < -0.3 is 29.4 Å². The topological polar surface area (TPSA) is 86.3 Å². The number of nitrogens with one attached hydrogen (secondary N) is 1. The van der Waals surface area contributed by atoms with E-state index in [9.17, 15) is 18.7 Å². The second kappa shape index (κ2) is 14.1. The predicted molar refractivity (Wildman–Crippen MR) is 129 cm³/mol. The Balaban J connectivity index is 1.85. The summed E-state index contributed by atoms with van der Waals surface area (Å²) in [6.45, 7) is 7.29. The number of alkyl halides is 2. The predicted octanol–water partition coefficient (Wildman–Crippen LogP) is 3.78. The number of hydrogen-bond acceptors (Lipinski definition) is 6. The summed E-state index contributed by atoms with van der Waals surface area (Å²) in [4.78, 5) is 12.9. The molecule has 1 aliphatic carbocycles. The number of aliphatic hydroxyl groups is 1. The average Bonchev–Trinajstić information content (AvgIpc) is 2.81. The van der Waals surface area contributed by atoms with Crippen molar-refractivity contribution in [2.45, 2.75) is 51.6 Å². The van der Waals surface area contributed by atoms with Crippen LogP contribution in [0, 0.1) is 17.8 Å². The van der Waals surface area contributed by atoms with Crippen LogP contribution < -0.4 is 10.1 Å². The molecule has 1 fully saturated rings. The van der Waals surface area contributed by atoms with Gasteiger partial charge in [0.15, 0.2) is 0 Å². The highest BCUT2D eigenvalue weighted by Crippen LogP contribution is 2.41. The van der Waals surface area contributed by atoms with Gasteiger partial charge in [0.2, 0.25) is 0 Å². The maximum absolute atomic E-state index is 14.9. The van der Waals surface area contributed by atoms with E-state index < -0.39 is 24.0 Å². The number of halogens is 2.